The first-order chi connectivity index (χ1) is 55.4. The molecule has 1 amide bonds. The second kappa shape index (κ2) is 51.9. The van der Waals surface area contributed by atoms with E-state index in [4.69, 9.17) is 80.9 Å². The molecule has 6 N–H and O–H groups in total. The highest BCUT2D eigenvalue weighted by atomic mass is 35.5. The zero-order chi connectivity index (χ0) is 88.4. The van der Waals surface area contributed by atoms with Crippen molar-refractivity contribution in [3.8, 4) is 0 Å². The maximum absolute atomic E-state index is 12.7. The Kier molecular flexibility index (Phi) is 47.0. The van der Waals surface area contributed by atoms with E-state index in [2.05, 4.69) is 39.7 Å². The number of hydrogen-bond acceptors (Lipinski definition) is 24. The van der Waals surface area contributed by atoms with E-state index in [1.807, 2.05) is 47.6 Å². The molecule has 0 aromatic rings. The summed E-state index contributed by atoms with van der Waals surface area (Å²) in [6.45, 7) is 26.1. The van der Waals surface area contributed by atoms with Crippen LogP contribution in [0.5, 0.6) is 0 Å². The Morgan fingerprint density at radius 1 is 0.639 bits per heavy atom. The number of Topliss-reactive ketones (excluding diaryl/α,β-unsaturated/α-hetero) is 2. The number of azide groups is 1. The van der Waals surface area contributed by atoms with Crippen molar-refractivity contribution >= 4 is 78.8 Å². The fourth-order valence-corrected chi connectivity index (χ4v) is 17.4. The summed E-state index contributed by atoms with van der Waals surface area (Å²) in [4.78, 5) is 98.3. The molecule has 4 unspecified atom stereocenters. The van der Waals surface area contributed by atoms with Gasteiger partial charge in [-0.25, -0.2) is 0 Å². The monoisotopic (exact) mass is 1740 g/mol. The molecule has 14 atom stereocenters. The summed E-state index contributed by atoms with van der Waals surface area (Å²) in [6.07, 6.45) is 26.1. The second-order valence-electron chi connectivity index (χ2n) is 37.1. The number of allylic oxidation sites excluding steroid dienone is 3. The number of esters is 4. The predicted molar refractivity (Wildman–Crippen MR) is 457 cm³/mol. The number of cyclic esters (lactones) is 3. The van der Waals surface area contributed by atoms with Crippen molar-refractivity contribution in [2.24, 2.45) is 49.9 Å². The molecule has 10 aliphatic rings. The molecular weight excluding hydrogens is 1600 g/mol. The van der Waals surface area contributed by atoms with E-state index in [1.165, 1.54) is 104 Å². The number of alkyl halides is 2. The van der Waals surface area contributed by atoms with Crippen LogP contribution in [0.25, 0.3) is 10.4 Å². The van der Waals surface area contributed by atoms with Crippen LogP contribution in [0.4, 0.5) is 0 Å². The van der Waals surface area contributed by atoms with Crippen LogP contribution in [0.2, 0.25) is 19.6 Å². The molecule has 5 aliphatic heterocycles. The predicted octanol–water partition coefficient (Wildman–Crippen LogP) is 15.5. The van der Waals surface area contributed by atoms with Crippen molar-refractivity contribution in [1.82, 2.24) is 5.32 Å². The summed E-state index contributed by atoms with van der Waals surface area (Å²) in [5.41, 5.74) is 8.47. The largest absolute Gasteiger partial charge is 0.520 e. The molecule has 5 aliphatic carbocycles. The summed E-state index contributed by atoms with van der Waals surface area (Å²) >= 11 is 11.0. The molecular formula is C88H150Cl2N4O24Si. The van der Waals surface area contributed by atoms with Crippen LogP contribution < -0.4 is 5.32 Å². The lowest BCUT2D eigenvalue weighted by atomic mass is 9.72. The fourth-order valence-electron chi connectivity index (χ4n) is 16.2. The normalized spacial score (nSPS) is 25.9. The van der Waals surface area contributed by atoms with Crippen molar-refractivity contribution < 1.29 is 116 Å². The highest BCUT2D eigenvalue weighted by Gasteiger charge is 2.53. The van der Waals surface area contributed by atoms with E-state index in [9.17, 15) is 58.8 Å². The minimum Gasteiger partial charge on any atom is -0.520 e. The molecule has 5 heterocycles. The van der Waals surface area contributed by atoms with E-state index in [-0.39, 0.29) is 109 Å². The Morgan fingerprint density at radius 3 is 1.52 bits per heavy atom. The number of carboxylic acids is 1. The quantitative estimate of drug-likeness (QED) is 0.00447. The molecule has 0 radical (unpaired) electrons. The Labute approximate surface area is 720 Å². The fraction of sp³-hybridized carbons (Fsp3) is 0.841. The van der Waals surface area contributed by atoms with Gasteiger partial charge in [0.15, 0.2) is 17.4 Å². The van der Waals surface area contributed by atoms with Crippen LogP contribution in [0, 0.1) is 44.8 Å². The van der Waals surface area contributed by atoms with Crippen molar-refractivity contribution in [3.63, 3.8) is 0 Å². The van der Waals surface area contributed by atoms with Crippen LogP contribution in [0.15, 0.2) is 40.9 Å². The van der Waals surface area contributed by atoms with Gasteiger partial charge in [0.05, 0.1) is 79.9 Å². The third-order valence-electron chi connectivity index (χ3n) is 22.9. The molecule has 10 fully saturated rings. The lowest BCUT2D eigenvalue weighted by Crippen LogP contribution is -2.59. The van der Waals surface area contributed by atoms with Crippen molar-refractivity contribution in [1.29, 1.82) is 0 Å². The maximum Gasteiger partial charge on any atom is 0.312 e. The van der Waals surface area contributed by atoms with Gasteiger partial charge in [-0.2, -0.15) is 0 Å². The van der Waals surface area contributed by atoms with Gasteiger partial charge in [0.1, 0.15) is 67.1 Å². The molecule has 28 nitrogen and oxygen atoms in total. The van der Waals surface area contributed by atoms with Gasteiger partial charge in [-0.3, -0.25) is 38.4 Å². The number of nitrogens with one attached hydrogen (secondary N) is 1. The Hall–Kier alpha value is -5.27. The molecule has 5 saturated heterocycles. The number of aliphatic carboxylic acids is 1. The van der Waals surface area contributed by atoms with E-state index >= 15 is 0 Å². The molecule has 684 valence electrons. The molecule has 10 rings (SSSR count). The third-order valence-corrected chi connectivity index (χ3v) is 24.4. The van der Waals surface area contributed by atoms with Gasteiger partial charge in [0.25, 0.3) is 5.95 Å². The zero-order valence-electron chi connectivity index (χ0n) is 73.8. The maximum atomic E-state index is 12.7. The smallest absolute Gasteiger partial charge is 0.312 e. The first kappa shape index (κ1) is 108. The summed E-state index contributed by atoms with van der Waals surface area (Å²) in [5.74, 6) is -3.14. The number of methoxy groups -OCH3 is 4. The number of halogens is 2. The number of ketones is 2. The van der Waals surface area contributed by atoms with Gasteiger partial charge >= 0.3 is 29.8 Å². The number of amides is 1. The van der Waals surface area contributed by atoms with Gasteiger partial charge < -0.3 is 82.6 Å². The number of rotatable bonds is 26. The van der Waals surface area contributed by atoms with Crippen LogP contribution in [0.3, 0.4) is 0 Å². The first-order valence-electron chi connectivity index (χ1n) is 42.9. The highest BCUT2D eigenvalue weighted by Crippen LogP contribution is 2.49. The third kappa shape index (κ3) is 37.2. The standard InChI is InChI=1S/C26H43NO8.C19H32O7.C11H22O2Si.C10H15ClO2.C10H15N3O2.C8H14O2.C3H5ClO.CH4/c1-16(23(32)27-15-17-14-26(24(33)35-17)10-7-6-8-11-26)13-19(29)22(34-5)21(31)20(30)18(28)9-12-25(2,3)4;1-11(17(22)23)10-12(20)15(24-7)16-14(21)13(8-9-18(2,3)4)25-19(5,6)26-16;1-12-11(13-14(2,3)4)10-8-6-5-7-9-10;11-7-8-6-10(9(12)13-8)4-2-1-3-5-10;11-13-12-7-8-6-10(9(14)15-8)4-2-1-3-5-10;1-10-8(9)7-5-3-2-4-6-7;4-1-3-2-5-3;/h9,12,16-18,20-22,28,30-31H,6-8,10-11,13-15H2,1-5H3,(H,27,32);8-9,11,13-16,21H,10H2,1-7H3,(H,22,23);5-9H2,1-4H3;8H,1-7H2;8H,1-7H2;7H,2-6H2,1H3;3H,1-2H2;1H4/b12-9+;9-8+;;;;;;/t16-,17?,18-,20+,21-,22+;11-,13-,14+,15+,16-;;;;;;/m11....../s1. The molecule has 0 aromatic heterocycles. The molecule has 5 saturated carbocycles. The van der Waals surface area contributed by atoms with Crippen LogP contribution >= 0.6 is 23.2 Å². The summed E-state index contributed by atoms with van der Waals surface area (Å²) in [7, 11) is 4.24. The zero-order valence-corrected chi connectivity index (χ0v) is 76.3. The SMILES string of the molecule is C.COC(=O)C1CCCCC1.COC(O[Si](C)(C)C)=C1CCCCC1.CO[C@@H](C(=O)C[C@@H](C)C(=O)NCC1CC2(CCCCC2)C(=O)O1)[C@H](O)[C@@H](O)[C@H](O)/C=C/C(C)(C)C.CO[C@@H](C(=O)C[C@@H](C)C(=O)O)[C@@H]1OC(C)(C)O[C@H](/C=C/C(C)(C)C)[C@@H]1O.ClCC1CO1.O=C1OC(CCl)CC12CCCCC2.[N-]=[N+]=NCC1CC2(CCCCC2)C(=O)O1. The number of aliphatic hydroxyl groups excluding tert-OH is 4. The van der Waals surface area contributed by atoms with E-state index in [0.717, 1.165) is 122 Å². The number of hydrogen-bond donors (Lipinski definition) is 6. The Balaban J connectivity index is 0.000000382. The lowest BCUT2D eigenvalue weighted by Gasteiger charge is -2.45. The number of carbonyl (C=O) groups is 8. The Morgan fingerprint density at radius 2 is 1.10 bits per heavy atom. The minimum atomic E-state index is -1.67. The van der Waals surface area contributed by atoms with E-state index in [0.29, 0.717) is 24.3 Å². The highest BCUT2D eigenvalue weighted by molar-refractivity contribution is 6.70. The minimum absolute atomic E-state index is 0. The van der Waals surface area contributed by atoms with E-state index in [1.54, 1.807) is 40.0 Å². The van der Waals surface area contributed by atoms with Gasteiger partial charge in [-0.05, 0) is 127 Å². The molecule has 0 aromatic carbocycles. The van der Waals surface area contributed by atoms with Gasteiger partial charge in [-0.1, -0.05) is 176 Å². The first-order valence-corrected chi connectivity index (χ1v) is 47.4. The van der Waals surface area contributed by atoms with Gasteiger partial charge in [0.2, 0.25) is 14.2 Å². The van der Waals surface area contributed by atoms with Crippen LogP contribution in [0.1, 0.15) is 269 Å². The topological polar surface area (TPSA) is 403 Å². The summed E-state index contributed by atoms with van der Waals surface area (Å²) in [5, 5.41) is 56.9. The molecule has 31 heteroatoms. The van der Waals surface area contributed by atoms with Crippen molar-refractivity contribution in [3.05, 3.63) is 46.3 Å². The van der Waals surface area contributed by atoms with Crippen molar-refractivity contribution in [2.45, 2.75) is 368 Å². The van der Waals surface area contributed by atoms with Crippen molar-refractivity contribution in [2.75, 3.05) is 59.9 Å². The molecule has 119 heavy (non-hydrogen) atoms. The molecule has 3 spiro atoms. The van der Waals surface area contributed by atoms with Crippen LogP contribution in [-0.2, 0) is 90.2 Å². The number of ether oxygens (including phenoxy) is 10. The number of carboxylic acid groups (broad SMARTS) is 1. The number of nitrogens with zero attached hydrogens (tertiary/aromatic N) is 3. The number of epoxide rings is 1. The summed E-state index contributed by atoms with van der Waals surface area (Å²) in [6, 6.07) is 0. The average molecular weight is 1750 g/mol. The molecule has 0 bridgehead atoms. The van der Waals surface area contributed by atoms with Crippen LogP contribution in [-0.4, -0.2) is 220 Å². The second-order valence-corrected chi connectivity index (χ2v) is 42.2. The number of aliphatic hydroxyl groups is 4. The van der Waals surface area contributed by atoms with Gasteiger partial charge in [0, 0.05) is 62.7 Å². The lowest BCUT2D eigenvalue weighted by molar-refractivity contribution is -0.334. The van der Waals surface area contributed by atoms with E-state index < -0.39 is 97.7 Å². The average Bonchev–Trinajstić information content (AvgIpc) is 1.67. The number of carbonyl (C=O) groups excluding carboxylic acids is 7. The van der Waals surface area contributed by atoms with Gasteiger partial charge in [-0.15, -0.1) is 23.2 Å². The summed E-state index contributed by atoms with van der Waals surface area (Å²) < 4.78 is 58.6. The Bertz CT molecular complexity index is 3260.